The van der Waals surface area contributed by atoms with Crippen LogP contribution in [-0.2, 0) is 6.54 Å². The fourth-order valence-corrected chi connectivity index (χ4v) is 3.05. The zero-order valence-corrected chi connectivity index (χ0v) is 13.2. The van der Waals surface area contributed by atoms with E-state index in [0.29, 0.717) is 6.54 Å². The number of carbonyl (C=O) groups excluding carboxylic acids is 1. The Labute approximate surface area is 124 Å². The summed E-state index contributed by atoms with van der Waals surface area (Å²) in [6.07, 6.45) is 0. The Morgan fingerprint density at radius 1 is 1.44 bits per heavy atom. The zero-order valence-electron chi connectivity index (χ0n) is 10.2. The first-order chi connectivity index (χ1) is 8.59. The fourth-order valence-electron chi connectivity index (χ4n) is 1.61. The van der Waals surface area contributed by atoms with Crippen LogP contribution in [0, 0.1) is 10.5 Å². The predicted octanol–water partition coefficient (Wildman–Crippen LogP) is 3.33. The van der Waals surface area contributed by atoms with E-state index < -0.39 is 0 Å². The van der Waals surface area contributed by atoms with Gasteiger partial charge in [0.15, 0.2) is 0 Å². The number of hydrogen-bond donors (Lipinski definition) is 0. The van der Waals surface area contributed by atoms with Gasteiger partial charge in [0.25, 0.3) is 5.91 Å². The van der Waals surface area contributed by atoms with Crippen LogP contribution >= 0.6 is 33.9 Å². The molecule has 0 N–H and O–H groups in total. The molecule has 0 atom stereocenters. The molecule has 2 aromatic rings. The molecule has 3 nitrogen and oxygen atoms in total. The summed E-state index contributed by atoms with van der Waals surface area (Å²) in [4.78, 5) is 19.4. The van der Waals surface area contributed by atoms with Gasteiger partial charge in [-0.15, -0.1) is 11.3 Å². The topological polar surface area (TPSA) is 33.2 Å². The van der Waals surface area contributed by atoms with Gasteiger partial charge in [0, 0.05) is 15.5 Å². The lowest BCUT2D eigenvalue weighted by molar-refractivity contribution is 0.0785. The molecular formula is C13H13IN2OS. The summed E-state index contributed by atoms with van der Waals surface area (Å²) in [5.74, 6) is 0.0489. The van der Waals surface area contributed by atoms with Gasteiger partial charge < -0.3 is 4.90 Å². The number of carbonyl (C=O) groups is 1. The molecule has 0 fully saturated rings. The predicted molar refractivity (Wildman–Crippen MR) is 81.8 cm³/mol. The maximum Gasteiger partial charge on any atom is 0.254 e. The van der Waals surface area contributed by atoms with Crippen LogP contribution < -0.4 is 0 Å². The molecule has 0 aliphatic rings. The van der Waals surface area contributed by atoms with Crippen LogP contribution in [0.2, 0.25) is 0 Å². The van der Waals surface area contributed by atoms with Crippen molar-refractivity contribution >= 4 is 39.8 Å². The molecule has 0 aliphatic carbocycles. The first-order valence-electron chi connectivity index (χ1n) is 5.48. The number of hydrogen-bond acceptors (Lipinski definition) is 3. The molecule has 1 heterocycles. The smallest absolute Gasteiger partial charge is 0.254 e. The summed E-state index contributed by atoms with van der Waals surface area (Å²) in [5.41, 5.74) is 3.57. The van der Waals surface area contributed by atoms with Crippen LogP contribution in [0.25, 0.3) is 0 Å². The number of aryl methyl sites for hydroxylation is 1. The van der Waals surface area contributed by atoms with Crippen molar-refractivity contribution < 1.29 is 4.79 Å². The lowest BCUT2D eigenvalue weighted by Crippen LogP contribution is -2.26. The SMILES string of the molecule is Cc1ncsc1CN(C)C(=O)c1ccccc1I. The molecule has 5 heteroatoms. The quantitative estimate of drug-likeness (QED) is 0.775. The summed E-state index contributed by atoms with van der Waals surface area (Å²) in [7, 11) is 1.82. The molecule has 2 rings (SSSR count). The minimum absolute atomic E-state index is 0.0489. The van der Waals surface area contributed by atoms with Crippen molar-refractivity contribution in [3.63, 3.8) is 0 Å². The van der Waals surface area contributed by atoms with E-state index in [0.717, 1.165) is 19.7 Å². The van der Waals surface area contributed by atoms with Crippen LogP contribution in [-0.4, -0.2) is 22.8 Å². The van der Waals surface area contributed by atoms with E-state index in [1.165, 1.54) is 0 Å². The van der Waals surface area contributed by atoms with Crippen LogP contribution in [0.5, 0.6) is 0 Å². The molecule has 0 saturated heterocycles. The monoisotopic (exact) mass is 372 g/mol. The van der Waals surface area contributed by atoms with E-state index in [4.69, 9.17) is 0 Å². The van der Waals surface area contributed by atoms with Gasteiger partial charge in [0.2, 0.25) is 0 Å². The summed E-state index contributed by atoms with van der Waals surface area (Å²) < 4.78 is 0.980. The van der Waals surface area contributed by atoms with Crippen molar-refractivity contribution in [2.75, 3.05) is 7.05 Å². The number of benzene rings is 1. The Morgan fingerprint density at radius 2 is 2.17 bits per heavy atom. The second-order valence-corrected chi connectivity index (χ2v) is 6.10. The number of aromatic nitrogens is 1. The molecular weight excluding hydrogens is 359 g/mol. The van der Waals surface area contributed by atoms with Gasteiger partial charge in [-0.05, 0) is 41.6 Å². The van der Waals surface area contributed by atoms with Crippen LogP contribution in [0.15, 0.2) is 29.8 Å². The maximum atomic E-state index is 12.3. The highest BCUT2D eigenvalue weighted by molar-refractivity contribution is 14.1. The van der Waals surface area contributed by atoms with Gasteiger partial charge in [-0.3, -0.25) is 4.79 Å². The van der Waals surface area contributed by atoms with Gasteiger partial charge in [0.1, 0.15) is 0 Å². The summed E-state index contributed by atoms with van der Waals surface area (Å²) in [5, 5.41) is 0. The van der Waals surface area contributed by atoms with Crippen molar-refractivity contribution in [2.24, 2.45) is 0 Å². The molecule has 1 aromatic heterocycles. The van der Waals surface area contributed by atoms with E-state index >= 15 is 0 Å². The summed E-state index contributed by atoms with van der Waals surface area (Å²) >= 11 is 3.78. The largest absolute Gasteiger partial charge is 0.336 e. The maximum absolute atomic E-state index is 12.3. The van der Waals surface area contributed by atoms with Crippen molar-refractivity contribution in [3.05, 3.63) is 49.5 Å². The highest BCUT2D eigenvalue weighted by Crippen LogP contribution is 2.18. The second kappa shape index (κ2) is 5.79. The average Bonchev–Trinajstić information content (AvgIpc) is 2.75. The van der Waals surface area contributed by atoms with Crippen molar-refractivity contribution in [3.8, 4) is 0 Å². The molecule has 0 saturated carbocycles. The van der Waals surface area contributed by atoms with Crippen molar-refractivity contribution in [1.82, 2.24) is 9.88 Å². The van der Waals surface area contributed by atoms with E-state index in [1.54, 1.807) is 16.2 Å². The lowest BCUT2D eigenvalue weighted by atomic mass is 10.2. The Kier molecular flexibility index (Phi) is 4.34. The van der Waals surface area contributed by atoms with Gasteiger partial charge in [-0.25, -0.2) is 4.98 Å². The van der Waals surface area contributed by atoms with Crippen molar-refractivity contribution in [1.29, 1.82) is 0 Å². The zero-order chi connectivity index (χ0) is 13.1. The molecule has 1 amide bonds. The summed E-state index contributed by atoms with van der Waals surface area (Å²) in [6, 6.07) is 7.63. The molecule has 94 valence electrons. The van der Waals surface area contributed by atoms with E-state index in [9.17, 15) is 4.79 Å². The van der Waals surface area contributed by atoms with Crippen LogP contribution in [0.1, 0.15) is 20.9 Å². The molecule has 0 radical (unpaired) electrons. The summed E-state index contributed by atoms with van der Waals surface area (Å²) in [6.45, 7) is 2.58. The third-order valence-electron chi connectivity index (χ3n) is 2.68. The molecule has 0 spiro atoms. The van der Waals surface area contributed by atoms with E-state index in [1.807, 2.05) is 43.7 Å². The average molecular weight is 372 g/mol. The van der Waals surface area contributed by atoms with Gasteiger partial charge in [-0.1, -0.05) is 12.1 Å². The Bertz CT molecular complexity index is 568. The number of rotatable bonds is 3. The highest BCUT2D eigenvalue weighted by atomic mass is 127. The molecule has 0 unspecified atom stereocenters. The first-order valence-corrected chi connectivity index (χ1v) is 7.44. The number of thiazole rings is 1. The Balaban J connectivity index is 2.15. The standard InChI is InChI=1S/C13H13IN2OS/c1-9-12(18-8-15-9)7-16(2)13(17)10-5-3-4-6-11(10)14/h3-6,8H,7H2,1-2H3. The Morgan fingerprint density at radius 3 is 2.78 bits per heavy atom. The van der Waals surface area contributed by atoms with Gasteiger partial charge >= 0.3 is 0 Å². The minimum Gasteiger partial charge on any atom is -0.336 e. The highest BCUT2D eigenvalue weighted by Gasteiger charge is 2.15. The molecule has 0 aliphatic heterocycles. The van der Waals surface area contributed by atoms with Gasteiger partial charge in [0.05, 0.1) is 23.3 Å². The second-order valence-electron chi connectivity index (χ2n) is 4.00. The first kappa shape index (κ1) is 13.5. The molecule has 0 bridgehead atoms. The number of halogens is 1. The normalized spacial score (nSPS) is 10.4. The van der Waals surface area contributed by atoms with Gasteiger partial charge in [-0.2, -0.15) is 0 Å². The Hall–Kier alpha value is -0.950. The van der Waals surface area contributed by atoms with E-state index in [-0.39, 0.29) is 5.91 Å². The third-order valence-corrected chi connectivity index (χ3v) is 4.54. The fraction of sp³-hybridized carbons (Fsp3) is 0.231. The van der Waals surface area contributed by atoms with Crippen LogP contribution in [0.4, 0.5) is 0 Å². The van der Waals surface area contributed by atoms with Crippen molar-refractivity contribution in [2.45, 2.75) is 13.5 Å². The molecule has 1 aromatic carbocycles. The third kappa shape index (κ3) is 2.89. The lowest BCUT2D eigenvalue weighted by Gasteiger charge is -2.17. The molecule has 18 heavy (non-hydrogen) atoms. The van der Waals surface area contributed by atoms with Crippen LogP contribution in [0.3, 0.4) is 0 Å². The minimum atomic E-state index is 0.0489. The number of nitrogens with zero attached hydrogens (tertiary/aromatic N) is 2. The van der Waals surface area contributed by atoms with E-state index in [2.05, 4.69) is 27.6 Å². The number of amides is 1.